The van der Waals surface area contributed by atoms with Crippen molar-refractivity contribution in [2.45, 2.75) is 70.2 Å². The van der Waals surface area contributed by atoms with Gasteiger partial charge < -0.3 is 14.4 Å². The number of halogens is 1. The van der Waals surface area contributed by atoms with E-state index in [-0.39, 0.29) is 41.9 Å². The van der Waals surface area contributed by atoms with Gasteiger partial charge in [0.15, 0.2) is 22.5 Å². The van der Waals surface area contributed by atoms with E-state index in [0.29, 0.717) is 55.4 Å². The molecule has 1 aliphatic heterocycles. The highest BCUT2D eigenvalue weighted by Crippen LogP contribution is 2.52. The van der Waals surface area contributed by atoms with Gasteiger partial charge in [0, 0.05) is 19.1 Å². The summed E-state index contributed by atoms with van der Waals surface area (Å²) in [5.41, 5.74) is 0. The first kappa shape index (κ1) is 27.0. The maximum atomic E-state index is 14.2. The second kappa shape index (κ2) is 12.1. The van der Waals surface area contributed by atoms with Crippen LogP contribution in [0.4, 0.5) is 4.39 Å². The van der Waals surface area contributed by atoms with Crippen LogP contribution in [0.15, 0.2) is 29.4 Å². The Kier molecular flexibility index (Phi) is 8.55. The van der Waals surface area contributed by atoms with E-state index in [0.717, 1.165) is 5.92 Å². The van der Waals surface area contributed by atoms with Crippen LogP contribution < -0.4 is 4.74 Å². The van der Waals surface area contributed by atoms with Crippen molar-refractivity contribution in [3.8, 4) is 5.75 Å². The van der Waals surface area contributed by atoms with Crippen molar-refractivity contribution in [2.75, 3.05) is 25.4 Å². The zero-order chi connectivity index (χ0) is 26.6. The minimum atomic E-state index is -0.411. The topological polar surface area (TPSA) is 86.6 Å². The molecule has 2 saturated carbocycles. The Labute approximate surface area is 227 Å². The van der Waals surface area contributed by atoms with Crippen LogP contribution in [0.25, 0.3) is 0 Å². The number of carbonyl (C=O) groups is 2. The Morgan fingerprint density at radius 1 is 1.13 bits per heavy atom. The molecule has 0 radical (unpaired) electrons. The number of nitrogens with zero attached hydrogens (tertiary/aromatic N) is 4. The summed E-state index contributed by atoms with van der Waals surface area (Å²) in [4.78, 5) is 26.9. The Hall–Kier alpha value is -2.62. The van der Waals surface area contributed by atoms with E-state index in [1.165, 1.54) is 43.5 Å². The number of esters is 1. The van der Waals surface area contributed by atoms with Gasteiger partial charge in [-0.05, 0) is 75.8 Å². The van der Waals surface area contributed by atoms with Crippen LogP contribution in [0, 0.1) is 29.5 Å². The molecule has 1 aromatic carbocycles. The highest BCUT2D eigenvalue weighted by Gasteiger charge is 2.43. The van der Waals surface area contributed by atoms with E-state index in [1.807, 2.05) is 11.8 Å². The number of piperidine rings is 1. The first-order valence-electron chi connectivity index (χ1n) is 13.8. The summed E-state index contributed by atoms with van der Waals surface area (Å²) in [6.07, 6.45) is 6.35. The van der Waals surface area contributed by atoms with E-state index in [4.69, 9.17) is 9.47 Å². The summed E-state index contributed by atoms with van der Waals surface area (Å²) in [5.74, 6) is 2.45. The normalized spacial score (nSPS) is 24.0. The van der Waals surface area contributed by atoms with Crippen molar-refractivity contribution in [3.05, 3.63) is 35.9 Å². The number of amides is 1. The first-order valence-corrected chi connectivity index (χ1v) is 14.8. The van der Waals surface area contributed by atoms with Gasteiger partial charge in [-0.15, -0.1) is 10.2 Å². The number of ether oxygens (including phenoxy) is 2. The molecule has 38 heavy (non-hydrogen) atoms. The minimum Gasteiger partial charge on any atom is -0.483 e. The van der Waals surface area contributed by atoms with Gasteiger partial charge in [0.1, 0.15) is 6.61 Å². The lowest BCUT2D eigenvalue weighted by Gasteiger charge is -2.31. The average Bonchev–Trinajstić information content (AvgIpc) is 3.67. The number of carbonyl (C=O) groups excluding carboxylic acids is 2. The highest BCUT2D eigenvalue weighted by molar-refractivity contribution is 7.99. The highest BCUT2D eigenvalue weighted by atomic mass is 32.2. The Morgan fingerprint density at radius 2 is 1.92 bits per heavy atom. The number of para-hydroxylation sites is 1. The molecule has 0 N–H and O–H groups in total. The Balaban J connectivity index is 1.25. The fourth-order valence-corrected chi connectivity index (χ4v) is 7.48. The molecule has 8 nitrogen and oxygen atoms in total. The number of hydrogen-bond donors (Lipinski definition) is 0. The Bertz CT molecular complexity index is 1140. The van der Waals surface area contributed by atoms with Crippen molar-refractivity contribution in [1.29, 1.82) is 0 Å². The molecule has 10 heteroatoms. The molecule has 3 fully saturated rings. The Morgan fingerprint density at radius 3 is 2.61 bits per heavy atom. The monoisotopic (exact) mass is 544 g/mol. The van der Waals surface area contributed by atoms with E-state index in [9.17, 15) is 14.0 Å². The standard InChI is InChI=1S/C28H37FN4O4S/c1-3-36-27(35)20-10-12-32(13-11-20)26(34)17-38-28-31-30-25(16-37-24-7-5-4-6-23(24)29)33(28)18(2)22-15-19-8-9-21(22)14-19/h4-7,18-22H,3,8-17H2,1-2H3/t18-,19-,21-,22-/m1/s1. The molecule has 1 saturated heterocycles. The predicted molar refractivity (Wildman–Crippen MR) is 141 cm³/mol. The molecule has 2 aliphatic carbocycles. The van der Waals surface area contributed by atoms with Crippen molar-refractivity contribution >= 4 is 23.6 Å². The van der Waals surface area contributed by atoms with Crippen LogP contribution in [-0.4, -0.2) is 57.0 Å². The summed E-state index contributed by atoms with van der Waals surface area (Å²) >= 11 is 1.39. The molecular weight excluding hydrogens is 507 g/mol. The van der Waals surface area contributed by atoms with Gasteiger partial charge in [0.25, 0.3) is 0 Å². The van der Waals surface area contributed by atoms with Crippen LogP contribution in [0.5, 0.6) is 5.75 Å². The molecule has 5 rings (SSSR count). The quantitative estimate of drug-likeness (QED) is 0.311. The molecule has 2 heterocycles. The summed E-state index contributed by atoms with van der Waals surface area (Å²) < 4.78 is 27.2. The van der Waals surface area contributed by atoms with Crippen LogP contribution >= 0.6 is 11.8 Å². The second-order valence-electron chi connectivity index (χ2n) is 10.8. The molecule has 0 spiro atoms. The number of hydrogen-bond acceptors (Lipinski definition) is 7. The minimum absolute atomic E-state index is 0.0311. The molecule has 2 aromatic rings. The van der Waals surface area contributed by atoms with Crippen LogP contribution in [0.2, 0.25) is 0 Å². The van der Waals surface area contributed by atoms with Gasteiger partial charge in [-0.3, -0.25) is 14.2 Å². The lowest BCUT2D eigenvalue weighted by atomic mass is 9.84. The maximum Gasteiger partial charge on any atom is 0.309 e. The number of likely N-dealkylation sites (tertiary alicyclic amines) is 1. The number of aromatic nitrogens is 3. The number of rotatable bonds is 10. The smallest absolute Gasteiger partial charge is 0.309 e. The summed E-state index contributed by atoms with van der Waals surface area (Å²) in [7, 11) is 0. The molecule has 206 valence electrons. The summed E-state index contributed by atoms with van der Waals surface area (Å²) in [6.45, 7) is 5.62. The number of fused-ring (bicyclic) bond motifs is 2. The van der Waals surface area contributed by atoms with Crippen LogP contribution in [0.1, 0.15) is 64.2 Å². The largest absolute Gasteiger partial charge is 0.483 e. The van der Waals surface area contributed by atoms with Crippen molar-refractivity contribution in [3.63, 3.8) is 0 Å². The van der Waals surface area contributed by atoms with Gasteiger partial charge in [-0.2, -0.15) is 0 Å². The maximum absolute atomic E-state index is 14.2. The molecule has 4 atom stereocenters. The summed E-state index contributed by atoms with van der Waals surface area (Å²) in [5, 5.41) is 9.57. The number of benzene rings is 1. The van der Waals surface area contributed by atoms with E-state index < -0.39 is 5.82 Å². The predicted octanol–water partition coefficient (Wildman–Crippen LogP) is 4.89. The van der Waals surface area contributed by atoms with Crippen LogP contribution in [-0.2, 0) is 20.9 Å². The lowest BCUT2D eigenvalue weighted by molar-refractivity contribution is -0.151. The molecule has 0 unspecified atom stereocenters. The van der Waals surface area contributed by atoms with E-state index in [1.54, 1.807) is 18.2 Å². The second-order valence-corrected chi connectivity index (χ2v) is 11.7. The average molecular weight is 545 g/mol. The molecular formula is C28H37FN4O4S. The fraction of sp³-hybridized carbons (Fsp3) is 0.643. The number of thioether (sulfide) groups is 1. The molecule has 3 aliphatic rings. The van der Waals surface area contributed by atoms with Gasteiger partial charge in [0.05, 0.1) is 18.3 Å². The zero-order valence-corrected chi connectivity index (χ0v) is 23.0. The SMILES string of the molecule is CCOC(=O)C1CCN(C(=O)CSc2nnc(COc3ccccc3F)n2[C@H](C)[C@H]2C[C@@H]3CC[C@@H]2C3)CC1. The van der Waals surface area contributed by atoms with Crippen molar-refractivity contribution < 1.29 is 23.5 Å². The van der Waals surface area contributed by atoms with Gasteiger partial charge >= 0.3 is 5.97 Å². The van der Waals surface area contributed by atoms with E-state index >= 15 is 0 Å². The lowest BCUT2D eigenvalue weighted by Crippen LogP contribution is -2.41. The third-order valence-electron chi connectivity index (χ3n) is 8.54. The van der Waals surface area contributed by atoms with Crippen LogP contribution in [0.3, 0.4) is 0 Å². The first-order chi connectivity index (χ1) is 18.4. The van der Waals surface area contributed by atoms with Crippen molar-refractivity contribution in [1.82, 2.24) is 19.7 Å². The molecule has 1 aromatic heterocycles. The van der Waals surface area contributed by atoms with Crippen molar-refractivity contribution in [2.24, 2.45) is 23.7 Å². The molecule has 1 amide bonds. The van der Waals surface area contributed by atoms with Gasteiger partial charge in [-0.1, -0.05) is 30.3 Å². The van der Waals surface area contributed by atoms with E-state index in [2.05, 4.69) is 21.7 Å². The van der Waals surface area contributed by atoms with Gasteiger partial charge in [-0.25, -0.2) is 4.39 Å². The third kappa shape index (κ3) is 5.84. The molecule has 2 bridgehead atoms. The summed E-state index contributed by atoms with van der Waals surface area (Å²) in [6, 6.07) is 6.52. The zero-order valence-electron chi connectivity index (χ0n) is 22.2. The fourth-order valence-electron chi connectivity index (χ4n) is 6.54. The third-order valence-corrected chi connectivity index (χ3v) is 9.47. The van der Waals surface area contributed by atoms with Gasteiger partial charge in [0.2, 0.25) is 5.91 Å².